The first-order valence-corrected chi connectivity index (χ1v) is 9.47. The van der Waals surface area contributed by atoms with Crippen molar-refractivity contribution in [2.24, 2.45) is 0 Å². The van der Waals surface area contributed by atoms with Crippen LogP contribution in [-0.4, -0.2) is 38.9 Å². The van der Waals surface area contributed by atoms with Crippen LogP contribution in [0, 0.1) is 12.7 Å². The SMILES string of the molecule is Cc1ccc(S(=O)(=O)N2CCN(c3ccccc3F)CC2)c(Cl)c1. The molecule has 1 heterocycles. The Hall–Kier alpha value is -1.63. The second-order valence-corrected chi connectivity index (χ2v) is 8.09. The zero-order valence-corrected chi connectivity index (χ0v) is 14.8. The first-order chi connectivity index (χ1) is 11.4. The van der Waals surface area contributed by atoms with Crippen molar-refractivity contribution >= 4 is 27.3 Å². The van der Waals surface area contributed by atoms with Crippen molar-refractivity contribution in [1.82, 2.24) is 4.31 Å². The molecule has 0 unspecified atom stereocenters. The third kappa shape index (κ3) is 3.27. The van der Waals surface area contributed by atoms with E-state index in [1.165, 1.54) is 16.4 Å². The molecule has 0 spiro atoms. The van der Waals surface area contributed by atoms with Gasteiger partial charge in [0.15, 0.2) is 0 Å². The van der Waals surface area contributed by atoms with Gasteiger partial charge < -0.3 is 4.90 Å². The first kappa shape index (κ1) is 17.2. The Kier molecular flexibility index (Phi) is 4.80. The summed E-state index contributed by atoms with van der Waals surface area (Å²) in [6.07, 6.45) is 0. The second-order valence-electron chi connectivity index (χ2n) is 5.78. The van der Waals surface area contributed by atoms with Crippen LogP contribution in [-0.2, 0) is 10.0 Å². The van der Waals surface area contributed by atoms with Gasteiger partial charge in [-0.3, -0.25) is 0 Å². The normalized spacial score (nSPS) is 16.4. The number of para-hydroxylation sites is 1. The minimum Gasteiger partial charge on any atom is -0.367 e. The summed E-state index contributed by atoms with van der Waals surface area (Å²) < 4.78 is 40.8. The van der Waals surface area contributed by atoms with Gasteiger partial charge in [-0.15, -0.1) is 0 Å². The van der Waals surface area contributed by atoms with Crippen LogP contribution in [0.5, 0.6) is 0 Å². The Morgan fingerprint density at radius 3 is 2.33 bits per heavy atom. The van der Waals surface area contributed by atoms with Crippen molar-refractivity contribution in [2.45, 2.75) is 11.8 Å². The fourth-order valence-electron chi connectivity index (χ4n) is 2.83. The molecule has 0 bridgehead atoms. The first-order valence-electron chi connectivity index (χ1n) is 7.65. The van der Waals surface area contributed by atoms with Gasteiger partial charge in [0.1, 0.15) is 10.7 Å². The maximum atomic E-state index is 13.9. The summed E-state index contributed by atoms with van der Waals surface area (Å²) in [5.41, 5.74) is 1.41. The van der Waals surface area contributed by atoms with E-state index in [9.17, 15) is 12.8 Å². The van der Waals surface area contributed by atoms with Crippen molar-refractivity contribution in [3.63, 3.8) is 0 Å². The van der Waals surface area contributed by atoms with Gasteiger partial charge in [0, 0.05) is 26.2 Å². The highest BCUT2D eigenvalue weighted by molar-refractivity contribution is 7.89. The summed E-state index contributed by atoms with van der Waals surface area (Å²) in [5.74, 6) is -0.296. The Labute approximate surface area is 146 Å². The van der Waals surface area contributed by atoms with Crippen LogP contribution in [0.15, 0.2) is 47.4 Å². The molecule has 0 aliphatic carbocycles. The number of anilines is 1. The average molecular weight is 369 g/mol. The summed E-state index contributed by atoms with van der Waals surface area (Å²) in [6, 6.07) is 11.4. The van der Waals surface area contributed by atoms with Gasteiger partial charge in [-0.2, -0.15) is 4.31 Å². The summed E-state index contributed by atoms with van der Waals surface area (Å²) in [5, 5.41) is 0.228. The standard InChI is InChI=1S/C17H18ClFN2O2S/c1-13-6-7-17(14(18)12-13)24(22,23)21-10-8-20(9-11-21)16-5-3-2-4-15(16)19/h2-7,12H,8-11H2,1H3. The maximum Gasteiger partial charge on any atom is 0.244 e. The van der Waals surface area contributed by atoms with E-state index < -0.39 is 10.0 Å². The molecule has 24 heavy (non-hydrogen) atoms. The monoisotopic (exact) mass is 368 g/mol. The molecule has 0 radical (unpaired) electrons. The predicted molar refractivity (Wildman–Crippen MR) is 93.6 cm³/mol. The van der Waals surface area contributed by atoms with Crippen molar-refractivity contribution < 1.29 is 12.8 Å². The van der Waals surface area contributed by atoms with Gasteiger partial charge in [-0.25, -0.2) is 12.8 Å². The highest BCUT2D eigenvalue weighted by Gasteiger charge is 2.30. The summed E-state index contributed by atoms with van der Waals surface area (Å²) in [4.78, 5) is 1.98. The number of rotatable bonds is 3. The number of aryl methyl sites for hydroxylation is 1. The van der Waals surface area contributed by atoms with Crippen LogP contribution in [0.1, 0.15) is 5.56 Å². The molecular weight excluding hydrogens is 351 g/mol. The van der Waals surface area contributed by atoms with E-state index in [0.717, 1.165) is 5.56 Å². The zero-order chi connectivity index (χ0) is 17.3. The highest BCUT2D eigenvalue weighted by Crippen LogP contribution is 2.27. The van der Waals surface area contributed by atoms with Crippen LogP contribution in [0.4, 0.5) is 10.1 Å². The number of benzene rings is 2. The molecule has 0 N–H and O–H groups in total. The van der Waals surface area contributed by atoms with Crippen LogP contribution in [0.3, 0.4) is 0 Å². The number of halogens is 2. The van der Waals surface area contributed by atoms with E-state index in [2.05, 4.69) is 0 Å². The third-order valence-electron chi connectivity index (χ3n) is 4.14. The Morgan fingerprint density at radius 2 is 1.71 bits per heavy atom. The van der Waals surface area contributed by atoms with E-state index in [4.69, 9.17) is 11.6 Å². The Balaban J connectivity index is 1.78. The summed E-state index contributed by atoms with van der Waals surface area (Å²) in [6.45, 7) is 3.31. The molecule has 1 saturated heterocycles. The summed E-state index contributed by atoms with van der Waals surface area (Å²) in [7, 11) is -3.64. The van der Waals surface area contributed by atoms with Crippen LogP contribution >= 0.6 is 11.6 Å². The molecular formula is C17H18ClFN2O2S. The molecule has 0 atom stereocenters. The van der Waals surface area contributed by atoms with Gasteiger partial charge in [-0.05, 0) is 36.8 Å². The quantitative estimate of drug-likeness (QED) is 0.834. The van der Waals surface area contributed by atoms with Crippen molar-refractivity contribution in [2.75, 3.05) is 31.1 Å². The fraction of sp³-hybridized carbons (Fsp3) is 0.294. The molecule has 1 aliphatic rings. The predicted octanol–water partition coefficient (Wildman–Crippen LogP) is 3.30. The van der Waals surface area contributed by atoms with Gasteiger partial charge in [0.25, 0.3) is 0 Å². The number of sulfonamides is 1. The highest BCUT2D eigenvalue weighted by atomic mass is 35.5. The molecule has 1 fully saturated rings. The van der Waals surface area contributed by atoms with Gasteiger partial charge >= 0.3 is 0 Å². The van der Waals surface area contributed by atoms with Crippen molar-refractivity contribution in [3.8, 4) is 0 Å². The van der Waals surface area contributed by atoms with E-state index in [1.54, 1.807) is 30.3 Å². The number of piperazine rings is 1. The number of nitrogens with zero attached hydrogens (tertiary/aromatic N) is 2. The molecule has 2 aromatic carbocycles. The maximum absolute atomic E-state index is 13.9. The fourth-order valence-corrected chi connectivity index (χ4v) is 4.83. The lowest BCUT2D eigenvalue weighted by atomic mass is 10.2. The largest absolute Gasteiger partial charge is 0.367 e. The lowest BCUT2D eigenvalue weighted by molar-refractivity contribution is 0.383. The molecule has 7 heteroatoms. The van der Waals surface area contributed by atoms with Crippen LogP contribution in [0.2, 0.25) is 5.02 Å². The molecule has 3 rings (SSSR count). The lowest BCUT2D eigenvalue weighted by Crippen LogP contribution is -2.49. The van der Waals surface area contributed by atoms with E-state index in [1.807, 2.05) is 11.8 Å². The van der Waals surface area contributed by atoms with Crippen LogP contribution in [0.25, 0.3) is 0 Å². The smallest absolute Gasteiger partial charge is 0.244 e. The molecule has 4 nitrogen and oxygen atoms in total. The summed E-state index contributed by atoms with van der Waals surface area (Å²) >= 11 is 6.11. The second kappa shape index (κ2) is 6.70. The topological polar surface area (TPSA) is 40.6 Å². The van der Waals surface area contributed by atoms with Crippen LogP contribution < -0.4 is 4.90 Å². The zero-order valence-electron chi connectivity index (χ0n) is 13.2. The van der Waals surface area contributed by atoms with Crippen molar-refractivity contribution in [1.29, 1.82) is 0 Å². The molecule has 0 saturated carbocycles. The lowest BCUT2D eigenvalue weighted by Gasteiger charge is -2.35. The molecule has 0 amide bonds. The average Bonchev–Trinajstić information content (AvgIpc) is 2.55. The van der Waals surface area contributed by atoms with Gasteiger partial charge in [-0.1, -0.05) is 29.8 Å². The number of hydrogen-bond donors (Lipinski definition) is 0. The van der Waals surface area contributed by atoms with Crippen molar-refractivity contribution in [3.05, 3.63) is 58.9 Å². The van der Waals surface area contributed by atoms with Gasteiger partial charge in [0.05, 0.1) is 10.7 Å². The van der Waals surface area contributed by atoms with Gasteiger partial charge in [0.2, 0.25) is 10.0 Å². The minimum atomic E-state index is -3.64. The van der Waals surface area contributed by atoms with E-state index in [0.29, 0.717) is 31.9 Å². The Bertz CT molecular complexity index is 849. The number of hydrogen-bond acceptors (Lipinski definition) is 3. The van der Waals surface area contributed by atoms with E-state index in [-0.39, 0.29) is 15.7 Å². The minimum absolute atomic E-state index is 0.120. The molecule has 2 aromatic rings. The molecule has 0 aromatic heterocycles. The van der Waals surface area contributed by atoms with E-state index >= 15 is 0 Å². The third-order valence-corrected chi connectivity index (χ3v) is 6.52. The Morgan fingerprint density at radius 1 is 1.04 bits per heavy atom. The molecule has 1 aliphatic heterocycles. The molecule has 128 valence electrons.